The first kappa shape index (κ1) is 18.3. The summed E-state index contributed by atoms with van der Waals surface area (Å²) in [4.78, 5) is 25.7. The maximum atomic E-state index is 13.0. The SMILES string of the molecule is C=C[C@@H]1C[C@]1(CC(C)(C)C(=O)[C@H]1NC[C@H](O)C1C)C(=O)C(C)C. The zero-order valence-electron chi connectivity index (χ0n) is 15.1. The lowest BCUT2D eigenvalue weighted by molar-refractivity contribution is -0.134. The number of hydrogen-bond donors (Lipinski definition) is 2. The minimum absolute atomic E-state index is 0.0313. The van der Waals surface area contributed by atoms with Gasteiger partial charge in [-0.3, -0.25) is 9.59 Å². The maximum absolute atomic E-state index is 13.0. The molecule has 2 N–H and O–H groups in total. The number of rotatable bonds is 7. The van der Waals surface area contributed by atoms with Crippen molar-refractivity contribution in [2.75, 3.05) is 6.54 Å². The monoisotopic (exact) mass is 321 g/mol. The average Bonchev–Trinajstić information content (AvgIpc) is 3.08. The Morgan fingerprint density at radius 3 is 2.43 bits per heavy atom. The molecule has 0 bridgehead atoms. The Morgan fingerprint density at radius 1 is 1.43 bits per heavy atom. The Labute approximate surface area is 139 Å². The number of β-amino-alcohol motifs (C(OH)–C–C–N with tert-alkyl or cyclic N) is 1. The Morgan fingerprint density at radius 2 is 2.04 bits per heavy atom. The van der Waals surface area contributed by atoms with E-state index in [2.05, 4.69) is 11.9 Å². The van der Waals surface area contributed by atoms with Crippen LogP contribution in [0.4, 0.5) is 0 Å². The van der Waals surface area contributed by atoms with Gasteiger partial charge in [0.05, 0.1) is 12.1 Å². The van der Waals surface area contributed by atoms with Crippen LogP contribution in [0.15, 0.2) is 12.7 Å². The first-order valence-electron chi connectivity index (χ1n) is 8.69. The molecule has 4 heteroatoms. The summed E-state index contributed by atoms with van der Waals surface area (Å²) < 4.78 is 0. The highest BCUT2D eigenvalue weighted by molar-refractivity contribution is 5.93. The molecule has 0 spiro atoms. The number of carbonyl (C=O) groups excluding carboxylic acids is 2. The van der Waals surface area contributed by atoms with Crippen LogP contribution in [0.1, 0.15) is 47.5 Å². The third kappa shape index (κ3) is 3.16. The number of aliphatic hydroxyl groups is 1. The van der Waals surface area contributed by atoms with Gasteiger partial charge in [-0.1, -0.05) is 40.7 Å². The van der Waals surface area contributed by atoms with Gasteiger partial charge in [-0.05, 0) is 18.8 Å². The molecule has 0 amide bonds. The topological polar surface area (TPSA) is 66.4 Å². The highest BCUT2D eigenvalue weighted by atomic mass is 16.3. The van der Waals surface area contributed by atoms with Crippen LogP contribution in [-0.2, 0) is 9.59 Å². The molecular formula is C19H31NO3. The molecule has 1 aliphatic heterocycles. The van der Waals surface area contributed by atoms with E-state index in [0.717, 1.165) is 6.42 Å². The van der Waals surface area contributed by atoms with Crippen LogP contribution in [0.5, 0.6) is 0 Å². The molecule has 1 aliphatic carbocycles. The minimum atomic E-state index is -0.599. The summed E-state index contributed by atoms with van der Waals surface area (Å²) in [7, 11) is 0. The van der Waals surface area contributed by atoms with Crippen molar-refractivity contribution in [2.45, 2.75) is 59.6 Å². The van der Waals surface area contributed by atoms with E-state index in [1.165, 1.54) is 0 Å². The third-order valence-electron chi connectivity index (χ3n) is 5.82. The maximum Gasteiger partial charge on any atom is 0.155 e. The largest absolute Gasteiger partial charge is 0.391 e. The standard InChI is InChI=1S/C19H31NO3/c1-7-13-8-19(13,16(22)11(2)3)10-18(5,6)17(23)15-12(4)14(21)9-20-15/h7,11-15,20-21H,1,8-10H2,2-6H3/t12?,13-,14+,15+,19-/m1/s1. The third-order valence-corrected chi connectivity index (χ3v) is 5.82. The molecule has 0 aromatic rings. The van der Waals surface area contributed by atoms with E-state index in [4.69, 9.17) is 0 Å². The molecule has 2 fully saturated rings. The van der Waals surface area contributed by atoms with E-state index in [0.29, 0.717) is 13.0 Å². The van der Waals surface area contributed by atoms with Crippen molar-refractivity contribution in [2.24, 2.45) is 28.6 Å². The quantitative estimate of drug-likeness (QED) is 0.707. The zero-order chi connectivity index (χ0) is 17.6. The molecule has 1 saturated carbocycles. The Bertz CT molecular complexity index is 511. The molecule has 23 heavy (non-hydrogen) atoms. The van der Waals surface area contributed by atoms with Crippen LogP contribution < -0.4 is 5.32 Å². The van der Waals surface area contributed by atoms with Crippen molar-refractivity contribution in [3.8, 4) is 0 Å². The van der Waals surface area contributed by atoms with E-state index < -0.39 is 16.9 Å². The molecular weight excluding hydrogens is 290 g/mol. The number of hydrogen-bond acceptors (Lipinski definition) is 4. The molecule has 130 valence electrons. The molecule has 4 nitrogen and oxygen atoms in total. The van der Waals surface area contributed by atoms with E-state index in [1.54, 1.807) is 0 Å². The van der Waals surface area contributed by atoms with Crippen molar-refractivity contribution >= 4 is 11.6 Å². The van der Waals surface area contributed by atoms with E-state index >= 15 is 0 Å². The van der Waals surface area contributed by atoms with E-state index in [1.807, 2.05) is 40.7 Å². The summed E-state index contributed by atoms with van der Waals surface area (Å²) in [6.45, 7) is 13.9. The molecule has 0 aromatic heterocycles. The van der Waals surface area contributed by atoms with Gasteiger partial charge in [0.1, 0.15) is 5.78 Å². The van der Waals surface area contributed by atoms with Crippen LogP contribution in [0.3, 0.4) is 0 Å². The van der Waals surface area contributed by atoms with Crippen molar-refractivity contribution < 1.29 is 14.7 Å². The number of carbonyl (C=O) groups is 2. The highest BCUT2D eigenvalue weighted by Gasteiger charge is 2.61. The summed E-state index contributed by atoms with van der Waals surface area (Å²) in [6, 6.07) is -0.327. The van der Waals surface area contributed by atoms with Crippen LogP contribution >= 0.6 is 0 Å². The van der Waals surface area contributed by atoms with Crippen LogP contribution in [-0.4, -0.2) is 35.4 Å². The lowest BCUT2D eigenvalue weighted by atomic mass is 9.71. The van der Waals surface area contributed by atoms with Crippen molar-refractivity contribution in [1.82, 2.24) is 5.32 Å². The first-order chi connectivity index (χ1) is 10.6. The molecule has 0 radical (unpaired) electrons. The van der Waals surface area contributed by atoms with Gasteiger partial charge in [0.25, 0.3) is 0 Å². The molecule has 1 heterocycles. The lowest BCUT2D eigenvalue weighted by Gasteiger charge is -2.33. The predicted molar refractivity (Wildman–Crippen MR) is 90.9 cm³/mol. The minimum Gasteiger partial charge on any atom is -0.391 e. The number of Topliss-reactive ketones (excluding diaryl/α,β-unsaturated/α-hetero) is 2. The average molecular weight is 321 g/mol. The van der Waals surface area contributed by atoms with Crippen molar-refractivity contribution in [1.29, 1.82) is 0 Å². The fraction of sp³-hybridized carbons (Fsp3) is 0.789. The summed E-state index contributed by atoms with van der Waals surface area (Å²) in [5.41, 5.74) is -1.02. The summed E-state index contributed by atoms with van der Waals surface area (Å²) in [6.07, 6.45) is 2.75. The van der Waals surface area contributed by atoms with Gasteiger partial charge in [0, 0.05) is 29.2 Å². The van der Waals surface area contributed by atoms with Crippen molar-refractivity contribution in [3.05, 3.63) is 12.7 Å². The van der Waals surface area contributed by atoms with Crippen LogP contribution in [0, 0.1) is 28.6 Å². The van der Waals surface area contributed by atoms with Gasteiger partial charge in [-0.25, -0.2) is 0 Å². The molecule has 2 rings (SSSR count). The molecule has 5 atom stereocenters. The zero-order valence-corrected chi connectivity index (χ0v) is 15.1. The number of nitrogens with one attached hydrogen (secondary N) is 1. The Balaban J connectivity index is 2.17. The normalized spacial score (nSPS) is 37.0. The van der Waals surface area contributed by atoms with E-state index in [-0.39, 0.29) is 35.4 Å². The van der Waals surface area contributed by atoms with Gasteiger partial charge in [-0.2, -0.15) is 0 Å². The smallest absolute Gasteiger partial charge is 0.155 e. The van der Waals surface area contributed by atoms with E-state index in [9.17, 15) is 14.7 Å². The van der Waals surface area contributed by atoms with Gasteiger partial charge < -0.3 is 10.4 Å². The van der Waals surface area contributed by atoms with Crippen LogP contribution in [0.2, 0.25) is 0 Å². The Hall–Kier alpha value is -1.00. The second-order valence-corrected chi connectivity index (χ2v) is 8.46. The predicted octanol–water partition coefficient (Wildman–Crippen LogP) is 2.36. The van der Waals surface area contributed by atoms with Crippen LogP contribution in [0.25, 0.3) is 0 Å². The number of aliphatic hydroxyl groups excluding tert-OH is 1. The molecule has 0 aromatic carbocycles. The number of ketones is 2. The second kappa shape index (κ2) is 6.14. The number of allylic oxidation sites excluding steroid dienone is 1. The lowest BCUT2D eigenvalue weighted by Crippen LogP contribution is -2.45. The fourth-order valence-corrected chi connectivity index (χ4v) is 4.26. The van der Waals surface area contributed by atoms with Gasteiger partial charge in [0.15, 0.2) is 5.78 Å². The first-order valence-corrected chi connectivity index (χ1v) is 8.69. The molecule has 1 saturated heterocycles. The summed E-state index contributed by atoms with van der Waals surface area (Å²) in [5, 5.41) is 13.0. The summed E-state index contributed by atoms with van der Waals surface area (Å²) >= 11 is 0. The second-order valence-electron chi connectivity index (χ2n) is 8.46. The highest BCUT2D eigenvalue weighted by Crippen LogP contribution is 2.61. The van der Waals surface area contributed by atoms with Gasteiger partial charge >= 0.3 is 0 Å². The van der Waals surface area contributed by atoms with Gasteiger partial charge in [0.2, 0.25) is 0 Å². The van der Waals surface area contributed by atoms with Gasteiger partial charge in [-0.15, -0.1) is 6.58 Å². The van der Waals surface area contributed by atoms with Crippen molar-refractivity contribution in [3.63, 3.8) is 0 Å². The molecule has 2 aliphatic rings. The Kier molecular flexibility index (Phi) is 4.89. The molecule has 1 unspecified atom stereocenters. The fourth-order valence-electron chi connectivity index (χ4n) is 4.26. The summed E-state index contributed by atoms with van der Waals surface area (Å²) in [5.74, 6) is 0.413.